The lowest BCUT2D eigenvalue weighted by molar-refractivity contribution is -0.120. The van der Waals surface area contributed by atoms with Crippen LogP contribution in [0.4, 0.5) is 4.79 Å². The van der Waals surface area contributed by atoms with Gasteiger partial charge in [0.2, 0.25) is 5.91 Å². The van der Waals surface area contributed by atoms with E-state index in [1.54, 1.807) is 11.9 Å². The molecule has 0 spiro atoms. The second-order valence-corrected chi connectivity index (χ2v) is 6.50. The number of hydrogen-bond acceptors (Lipinski definition) is 4. The molecule has 140 valence electrons. The van der Waals surface area contributed by atoms with Gasteiger partial charge in [-0.2, -0.15) is 0 Å². The number of rotatable bonds is 5. The van der Waals surface area contributed by atoms with E-state index in [0.29, 0.717) is 25.6 Å². The number of hydrogen-bond donors (Lipinski definition) is 3. The molecular weight excluding hydrogens is 425 g/mol. The molecule has 2 amide bonds. The van der Waals surface area contributed by atoms with E-state index in [-0.39, 0.29) is 48.6 Å². The summed E-state index contributed by atoms with van der Waals surface area (Å²) >= 11 is 0. The minimum atomic E-state index is -0.487. The number of amides is 2. The standard InChI is InChI=1S/C15H29N5O3.HI/c1-6-7-17-12(21)8-18-13(16-5)19-11-9-20(10-11)14(22)23-15(2,3)4;/h11H,6-10H2,1-5H3,(H,17,21)(H2,16,18,19);1H. The zero-order valence-electron chi connectivity index (χ0n) is 15.1. The molecule has 0 aliphatic carbocycles. The van der Waals surface area contributed by atoms with E-state index in [9.17, 15) is 9.59 Å². The summed E-state index contributed by atoms with van der Waals surface area (Å²) in [5.74, 6) is 0.476. The second-order valence-electron chi connectivity index (χ2n) is 6.50. The van der Waals surface area contributed by atoms with Crippen molar-refractivity contribution in [3.05, 3.63) is 0 Å². The van der Waals surface area contributed by atoms with Crippen LogP contribution in [0.5, 0.6) is 0 Å². The number of aliphatic imine (C=N–C) groups is 1. The Morgan fingerprint density at radius 3 is 2.38 bits per heavy atom. The van der Waals surface area contributed by atoms with E-state index in [2.05, 4.69) is 20.9 Å². The van der Waals surface area contributed by atoms with Gasteiger partial charge in [-0.25, -0.2) is 4.79 Å². The van der Waals surface area contributed by atoms with Gasteiger partial charge in [-0.3, -0.25) is 9.79 Å². The molecule has 1 aliphatic rings. The minimum Gasteiger partial charge on any atom is -0.444 e. The first kappa shape index (κ1) is 22.7. The van der Waals surface area contributed by atoms with Crippen LogP contribution < -0.4 is 16.0 Å². The molecule has 1 aliphatic heterocycles. The van der Waals surface area contributed by atoms with Crippen molar-refractivity contribution in [2.24, 2.45) is 4.99 Å². The summed E-state index contributed by atoms with van der Waals surface area (Å²) < 4.78 is 5.30. The SMILES string of the molecule is CCCNC(=O)CNC(=NC)NC1CN(C(=O)OC(C)(C)C)C1.I. The number of ether oxygens (including phenoxy) is 1. The first-order valence-corrected chi connectivity index (χ1v) is 7.97. The maximum Gasteiger partial charge on any atom is 0.410 e. The lowest BCUT2D eigenvalue weighted by Gasteiger charge is -2.40. The van der Waals surface area contributed by atoms with Crippen molar-refractivity contribution in [1.82, 2.24) is 20.9 Å². The molecule has 3 N–H and O–H groups in total. The summed E-state index contributed by atoms with van der Waals surface area (Å²) in [5, 5.41) is 8.91. The summed E-state index contributed by atoms with van der Waals surface area (Å²) in [7, 11) is 1.64. The number of halogens is 1. The Morgan fingerprint density at radius 1 is 1.25 bits per heavy atom. The van der Waals surface area contributed by atoms with Crippen LogP contribution in [0, 0.1) is 0 Å². The van der Waals surface area contributed by atoms with Crippen molar-refractivity contribution in [3.8, 4) is 0 Å². The third-order valence-corrected chi connectivity index (χ3v) is 3.09. The Hall–Kier alpha value is -1.26. The molecule has 0 aromatic heterocycles. The molecule has 0 aromatic carbocycles. The largest absolute Gasteiger partial charge is 0.444 e. The fourth-order valence-corrected chi connectivity index (χ4v) is 1.92. The fourth-order valence-electron chi connectivity index (χ4n) is 1.92. The molecule has 0 atom stereocenters. The van der Waals surface area contributed by atoms with Crippen molar-refractivity contribution in [2.45, 2.75) is 45.8 Å². The first-order chi connectivity index (χ1) is 10.7. The second kappa shape index (κ2) is 10.6. The van der Waals surface area contributed by atoms with E-state index >= 15 is 0 Å². The van der Waals surface area contributed by atoms with E-state index < -0.39 is 5.60 Å². The third-order valence-electron chi connectivity index (χ3n) is 3.09. The lowest BCUT2D eigenvalue weighted by Crippen LogP contribution is -2.63. The first-order valence-electron chi connectivity index (χ1n) is 7.97. The summed E-state index contributed by atoms with van der Waals surface area (Å²) in [6, 6.07) is 0.104. The highest BCUT2D eigenvalue weighted by Crippen LogP contribution is 2.14. The summed E-state index contributed by atoms with van der Waals surface area (Å²) in [4.78, 5) is 29.1. The molecule has 0 unspecified atom stereocenters. The summed E-state index contributed by atoms with van der Waals surface area (Å²) in [5.41, 5.74) is -0.487. The Bertz CT molecular complexity index is 445. The van der Waals surface area contributed by atoms with Crippen molar-refractivity contribution < 1.29 is 14.3 Å². The van der Waals surface area contributed by atoms with Crippen LogP contribution in [0.15, 0.2) is 4.99 Å². The van der Waals surface area contributed by atoms with Crippen LogP contribution in [0.25, 0.3) is 0 Å². The van der Waals surface area contributed by atoms with Crippen molar-refractivity contribution in [2.75, 3.05) is 33.2 Å². The van der Waals surface area contributed by atoms with Gasteiger partial charge in [0.15, 0.2) is 5.96 Å². The maximum atomic E-state index is 11.8. The zero-order valence-corrected chi connectivity index (χ0v) is 17.5. The smallest absolute Gasteiger partial charge is 0.410 e. The van der Waals surface area contributed by atoms with Crippen LogP contribution >= 0.6 is 24.0 Å². The predicted octanol–water partition coefficient (Wildman–Crippen LogP) is 0.915. The van der Waals surface area contributed by atoms with Gasteiger partial charge in [0.05, 0.1) is 12.6 Å². The van der Waals surface area contributed by atoms with Gasteiger partial charge < -0.3 is 25.6 Å². The highest BCUT2D eigenvalue weighted by atomic mass is 127. The summed E-state index contributed by atoms with van der Waals surface area (Å²) in [6.45, 7) is 9.47. The van der Waals surface area contributed by atoms with Crippen molar-refractivity contribution in [1.29, 1.82) is 0 Å². The van der Waals surface area contributed by atoms with Gasteiger partial charge in [0.1, 0.15) is 5.60 Å². The van der Waals surface area contributed by atoms with Gasteiger partial charge in [-0.05, 0) is 27.2 Å². The number of nitrogens with zero attached hydrogens (tertiary/aromatic N) is 2. The molecule has 24 heavy (non-hydrogen) atoms. The van der Waals surface area contributed by atoms with Crippen LogP contribution in [0.3, 0.4) is 0 Å². The monoisotopic (exact) mass is 455 g/mol. The normalized spacial score (nSPS) is 15.0. The molecule has 1 rings (SSSR count). The average Bonchev–Trinajstić information content (AvgIpc) is 2.40. The molecule has 9 heteroatoms. The Labute approximate surface area is 161 Å². The molecular formula is C15H30IN5O3. The topological polar surface area (TPSA) is 95.1 Å². The van der Waals surface area contributed by atoms with Gasteiger partial charge >= 0.3 is 6.09 Å². The molecule has 1 saturated heterocycles. The average molecular weight is 455 g/mol. The number of carbonyl (C=O) groups is 2. The number of likely N-dealkylation sites (tertiary alicyclic amines) is 1. The Kier molecular flexibility index (Phi) is 10.0. The third kappa shape index (κ3) is 8.55. The lowest BCUT2D eigenvalue weighted by atomic mass is 10.1. The van der Waals surface area contributed by atoms with E-state index in [1.807, 2.05) is 27.7 Å². The van der Waals surface area contributed by atoms with Crippen LogP contribution in [0.2, 0.25) is 0 Å². The van der Waals surface area contributed by atoms with Crippen LogP contribution in [0.1, 0.15) is 34.1 Å². The van der Waals surface area contributed by atoms with Crippen molar-refractivity contribution in [3.63, 3.8) is 0 Å². The molecule has 0 bridgehead atoms. The molecule has 1 heterocycles. The molecule has 0 radical (unpaired) electrons. The highest BCUT2D eigenvalue weighted by molar-refractivity contribution is 14.0. The molecule has 8 nitrogen and oxygen atoms in total. The van der Waals surface area contributed by atoms with E-state index in [4.69, 9.17) is 4.74 Å². The molecule has 1 fully saturated rings. The molecule has 0 saturated carbocycles. The van der Waals surface area contributed by atoms with Crippen LogP contribution in [-0.4, -0.2) is 67.7 Å². The predicted molar refractivity (Wildman–Crippen MR) is 105 cm³/mol. The number of guanidine groups is 1. The zero-order chi connectivity index (χ0) is 17.5. The van der Waals surface area contributed by atoms with Gasteiger partial charge in [0, 0.05) is 26.7 Å². The molecule has 0 aromatic rings. The van der Waals surface area contributed by atoms with E-state index in [0.717, 1.165) is 6.42 Å². The number of carbonyl (C=O) groups excluding carboxylic acids is 2. The Morgan fingerprint density at radius 2 is 1.88 bits per heavy atom. The fraction of sp³-hybridized carbons (Fsp3) is 0.800. The summed E-state index contributed by atoms with van der Waals surface area (Å²) in [6.07, 6.45) is 0.596. The van der Waals surface area contributed by atoms with Gasteiger partial charge in [0.25, 0.3) is 0 Å². The van der Waals surface area contributed by atoms with Crippen LogP contribution in [-0.2, 0) is 9.53 Å². The van der Waals surface area contributed by atoms with E-state index in [1.165, 1.54) is 0 Å². The minimum absolute atomic E-state index is 0. The Balaban J connectivity index is 0.00000529. The quantitative estimate of drug-likeness (QED) is 0.326. The van der Waals surface area contributed by atoms with Crippen molar-refractivity contribution >= 4 is 41.9 Å². The van der Waals surface area contributed by atoms with Gasteiger partial charge in [-0.15, -0.1) is 24.0 Å². The maximum absolute atomic E-state index is 11.8. The highest BCUT2D eigenvalue weighted by Gasteiger charge is 2.34. The van der Waals surface area contributed by atoms with Gasteiger partial charge in [-0.1, -0.05) is 6.92 Å². The number of nitrogens with one attached hydrogen (secondary N) is 3.